The third-order valence-electron chi connectivity index (χ3n) is 5.43. The fourth-order valence-corrected chi connectivity index (χ4v) is 4.10. The van der Waals surface area contributed by atoms with Gasteiger partial charge in [-0.25, -0.2) is 15.0 Å². The first kappa shape index (κ1) is 20.0. The molecule has 0 aliphatic rings. The first-order chi connectivity index (χ1) is 15.5. The van der Waals surface area contributed by atoms with Crippen molar-refractivity contribution in [2.24, 2.45) is 0 Å². The summed E-state index contributed by atoms with van der Waals surface area (Å²) in [6.45, 7) is 2.79. The lowest BCUT2D eigenvalue weighted by Gasteiger charge is -2.07. The summed E-state index contributed by atoms with van der Waals surface area (Å²) in [5.41, 5.74) is 11.5. The highest BCUT2D eigenvalue weighted by molar-refractivity contribution is 6.31. The fourth-order valence-electron chi connectivity index (χ4n) is 3.85. The molecule has 5 aromatic rings. The highest BCUT2D eigenvalue weighted by atomic mass is 35.5. The van der Waals surface area contributed by atoms with Crippen molar-refractivity contribution in [2.75, 3.05) is 5.73 Å². The minimum absolute atomic E-state index is 0.109. The summed E-state index contributed by atoms with van der Waals surface area (Å²) in [5, 5.41) is 4.57. The third kappa shape index (κ3) is 3.65. The maximum Gasteiger partial charge on any atom is 0.251 e. The van der Waals surface area contributed by atoms with Gasteiger partial charge in [-0.15, -0.1) is 0 Å². The van der Waals surface area contributed by atoms with Crippen LogP contribution < -0.4 is 11.1 Å². The molecule has 160 valence electrons. The molecule has 0 bridgehead atoms. The molecule has 0 aliphatic heterocycles. The van der Waals surface area contributed by atoms with Crippen molar-refractivity contribution in [1.82, 2.24) is 29.8 Å². The molecule has 4 N–H and O–H groups in total. The molecule has 5 rings (SSSR count). The lowest BCUT2D eigenvalue weighted by molar-refractivity contribution is 0.0950. The summed E-state index contributed by atoms with van der Waals surface area (Å²) >= 11 is 6.39. The number of nitrogens with zero attached hydrogens (tertiary/aromatic N) is 4. The van der Waals surface area contributed by atoms with Crippen LogP contribution in [0.1, 0.15) is 27.2 Å². The normalized spacial score (nSPS) is 11.3. The van der Waals surface area contributed by atoms with Gasteiger partial charge in [-0.3, -0.25) is 4.79 Å². The van der Waals surface area contributed by atoms with Crippen LogP contribution in [0.3, 0.4) is 0 Å². The number of nitrogen functional groups attached to an aromatic ring is 1. The molecule has 0 radical (unpaired) electrons. The SMILES string of the molecule is Cc1ccccc1C(=O)NCc1cc2cc(Cl)cc(Cn3cnc4c(N)ncnc43)c2[nH]1. The summed E-state index contributed by atoms with van der Waals surface area (Å²) in [5.74, 6) is 0.235. The minimum Gasteiger partial charge on any atom is -0.382 e. The zero-order valence-electron chi connectivity index (χ0n) is 17.3. The number of nitrogens with two attached hydrogens (primary N) is 1. The Morgan fingerprint density at radius 2 is 2.03 bits per heavy atom. The van der Waals surface area contributed by atoms with Crippen LogP contribution in [0.15, 0.2) is 55.1 Å². The number of hydrogen-bond acceptors (Lipinski definition) is 5. The standard InChI is InChI=1S/C23H20ClN7O/c1-13-4-2-3-5-18(13)23(32)26-9-17-8-14-6-16(24)7-15(19(14)30-17)10-31-12-29-20-21(25)27-11-28-22(20)31/h2-8,11-12,30H,9-10H2,1H3,(H,26,32)(H2,25,27,28). The number of fused-ring (bicyclic) bond motifs is 2. The van der Waals surface area contributed by atoms with Crippen molar-refractivity contribution in [3.05, 3.63) is 82.5 Å². The Hall–Kier alpha value is -3.91. The molecule has 9 heteroatoms. The van der Waals surface area contributed by atoms with E-state index in [1.54, 1.807) is 6.33 Å². The predicted octanol–water partition coefficient (Wildman–Crippen LogP) is 3.83. The highest BCUT2D eigenvalue weighted by Gasteiger charge is 2.13. The second kappa shape index (κ2) is 7.97. The number of imidazole rings is 1. The number of anilines is 1. The van der Waals surface area contributed by atoms with E-state index in [9.17, 15) is 4.79 Å². The number of hydrogen-bond donors (Lipinski definition) is 3. The molecule has 8 nitrogen and oxygen atoms in total. The molecule has 0 spiro atoms. The predicted molar refractivity (Wildman–Crippen MR) is 124 cm³/mol. The lowest BCUT2D eigenvalue weighted by atomic mass is 10.1. The number of aromatic amines is 1. The van der Waals surface area contributed by atoms with E-state index in [4.69, 9.17) is 17.3 Å². The van der Waals surface area contributed by atoms with E-state index in [1.165, 1.54) is 6.33 Å². The summed E-state index contributed by atoms with van der Waals surface area (Å²) in [6, 6.07) is 13.3. The van der Waals surface area contributed by atoms with E-state index < -0.39 is 0 Å². The summed E-state index contributed by atoms with van der Waals surface area (Å²) in [4.78, 5) is 28.6. The second-order valence-corrected chi connectivity index (χ2v) is 8.06. The van der Waals surface area contributed by atoms with Gasteiger partial charge in [0.2, 0.25) is 0 Å². The first-order valence-corrected chi connectivity index (χ1v) is 10.4. The molecule has 3 aromatic heterocycles. The molecule has 1 amide bonds. The molecule has 0 saturated carbocycles. The monoisotopic (exact) mass is 445 g/mol. The molecular formula is C23H20ClN7O. The average molecular weight is 446 g/mol. The first-order valence-electron chi connectivity index (χ1n) is 10.0. The fraction of sp³-hybridized carbons (Fsp3) is 0.130. The quantitative estimate of drug-likeness (QED) is 0.380. The van der Waals surface area contributed by atoms with Crippen molar-refractivity contribution in [2.45, 2.75) is 20.0 Å². The van der Waals surface area contributed by atoms with Gasteiger partial charge in [0.15, 0.2) is 11.5 Å². The van der Waals surface area contributed by atoms with Gasteiger partial charge in [0.1, 0.15) is 11.8 Å². The van der Waals surface area contributed by atoms with Crippen molar-refractivity contribution < 1.29 is 4.79 Å². The molecule has 3 heterocycles. The van der Waals surface area contributed by atoms with Crippen LogP contribution >= 0.6 is 11.6 Å². The number of carbonyl (C=O) groups is 1. The van der Waals surface area contributed by atoms with Gasteiger partial charge in [-0.2, -0.15) is 0 Å². The largest absolute Gasteiger partial charge is 0.382 e. The molecule has 0 saturated heterocycles. The molecule has 32 heavy (non-hydrogen) atoms. The number of benzene rings is 2. The molecule has 0 aliphatic carbocycles. The number of nitrogens with one attached hydrogen (secondary N) is 2. The Labute approximate surface area is 188 Å². The highest BCUT2D eigenvalue weighted by Crippen LogP contribution is 2.26. The molecule has 2 aromatic carbocycles. The average Bonchev–Trinajstić information content (AvgIpc) is 3.37. The summed E-state index contributed by atoms with van der Waals surface area (Å²) in [7, 11) is 0. The summed E-state index contributed by atoms with van der Waals surface area (Å²) in [6.07, 6.45) is 3.11. The molecule has 0 atom stereocenters. The van der Waals surface area contributed by atoms with Gasteiger partial charge in [-0.05, 0) is 42.3 Å². The Kier molecular flexibility index (Phi) is 4.99. The Morgan fingerprint density at radius 1 is 1.19 bits per heavy atom. The third-order valence-corrected chi connectivity index (χ3v) is 5.65. The van der Waals surface area contributed by atoms with Crippen LogP contribution in [-0.4, -0.2) is 30.4 Å². The van der Waals surface area contributed by atoms with Gasteiger partial charge >= 0.3 is 0 Å². The van der Waals surface area contributed by atoms with Crippen molar-refractivity contribution in [3.8, 4) is 0 Å². The van der Waals surface area contributed by atoms with E-state index in [0.29, 0.717) is 40.7 Å². The van der Waals surface area contributed by atoms with Crippen LogP contribution in [-0.2, 0) is 13.1 Å². The topological polar surface area (TPSA) is 115 Å². The number of carbonyl (C=O) groups excluding carboxylic acids is 1. The number of halogens is 1. The van der Waals surface area contributed by atoms with E-state index in [0.717, 1.165) is 27.7 Å². The number of rotatable bonds is 5. The second-order valence-electron chi connectivity index (χ2n) is 7.62. The maximum absolute atomic E-state index is 12.6. The maximum atomic E-state index is 12.6. The lowest BCUT2D eigenvalue weighted by Crippen LogP contribution is -2.23. The zero-order valence-corrected chi connectivity index (χ0v) is 18.0. The Bertz CT molecular complexity index is 1470. The molecule has 0 unspecified atom stereocenters. The van der Waals surface area contributed by atoms with E-state index in [2.05, 4.69) is 25.3 Å². The number of aryl methyl sites for hydroxylation is 1. The molecule has 0 fully saturated rings. The van der Waals surface area contributed by atoms with Gasteiger partial charge < -0.3 is 20.6 Å². The summed E-state index contributed by atoms with van der Waals surface area (Å²) < 4.78 is 1.90. The van der Waals surface area contributed by atoms with Crippen molar-refractivity contribution in [1.29, 1.82) is 0 Å². The van der Waals surface area contributed by atoms with Gasteiger partial charge in [0.05, 0.1) is 24.9 Å². The minimum atomic E-state index is -0.109. The van der Waals surface area contributed by atoms with Crippen LogP contribution in [0.5, 0.6) is 0 Å². The van der Waals surface area contributed by atoms with E-state index in [1.807, 2.05) is 54.0 Å². The van der Waals surface area contributed by atoms with Gasteiger partial charge in [0, 0.05) is 21.7 Å². The molecular weight excluding hydrogens is 426 g/mol. The smallest absolute Gasteiger partial charge is 0.251 e. The number of amides is 1. The van der Waals surface area contributed by atoms with E-state index >= 15 is 0 Å². The van der Waals surface area contributed by atoms with Crippen LogP contribution in [0.2, 0.25) is 5.02 Å². The zero-order chi connectivity index (χ0) is 22.2. The van der Waals surface area contributed by atoms with Crippen molar-refractivity contribution >= 4 is 45.4 Å². The number of aromatic nitrogens is 5. The van der Waals surface area contributed by atoms with Crippen LogP contribution in [0.4, 0.5) is 5.82 Å². The van der Waals surface area contributed by atoms with Crippen LogP contribution in [0.25, 0.3) is 22.1 Å². The Balaban J connectivity index is 1.43. The number of H-pyrrole nitrogens is 1. The van der Waals surface area contributed by atoms with Gasteiger partial charge in [0.25, 0.3) is 5.91 Å². The van der Waals surface area contributed by atoms with E-state index in [-0.39, 0.29) is 5.91 Å². The Morgan fingerprint density at radius 3 is 2.88 bits per heavy atom. The van der Waals surface area contributed by atoms with Gasteiger partial charge in [-0.1, -0.05) is 29.8 Å². The van der Waals surface area contributed by atoms with Crippen molar-refractivity contribution in [3.63, 3.8) is 0 Å². The van der Waals surface area contributed by atoms with Crippen LogP contribution in [0, 0.1) is 6.92 Å².